The minimum atomic E-state index is -0.940. The Kier molecular flexibility index (Phi) is 8.51. The second kappa shape index (κ2) is 12.9. The monoisotopic (exact) mass is 555 g/mol. The summed E-state index contributed by atoms with van der Waals surface area (Å²) in [5.41, 5.74) is 5.26. The lowest BCUT2D eigenvalue weighted by Crippen LogP contribution is -2.04. The summed E-state index contributed by atoms with van der Waals surface area (Å²) in [6, 6.07) is 28.7. The Labute approximate surface area is 247 Å². The molecule has 0 unspecified atom stereocenters. The number of aromatic amines is 1. The van der Waals surface area contributed by atoms with Crippen LogP contribution in [-0.2, 0) is 6.42 Å². The third-order valence-electron chi connectivity index (χ3n) is 8.40. The number of aromatic carboxylic acids is 1. The molecule has 6 rings (SSSR count). The lowest BCUT2D eigenvalue weighted by Gasteiger charge is -2.17. The van der Waals surface area contributed by atoms with E-state index in [1.54, 1.807) is 0 Å². The number of hydrogen-bond donors (Lipinski definition) is 2. The fraction of sp³-hybridized carbons (Fsp3) is 0.237. The third kappa shape index (κ3) is 6.18. The highest BCUT2D eigenvalue weighted by Crippen LogP contribution is 2.30. The molecule has 0 saturated heterocycles. The van der Waals surface area contributed by atoms with Crippen molar-refractivity contribution < 1.29 is 14.6 Å². The zero-order chi connectivity index (χ0) is 28.7. The zero-order valence-electron chi connectivity index (χ0n) is 23.9. The van der Waals surface area contributed by atoms with Gasteiger partial charge in [-0.2, -0.15) is 0 Å². The van der Waals surface area contributed by atoms with Crippen LogP contribution in [0.2, 0.25) is 0 Å². The molecule has 0 atom stereocenters. The molecule has 0 radical (unpaired) electrons. The number of aryl methyl sites for hydroxylation is 1. The molecule has 212 valence electrons. The van der Waals surface area contributed by atoms with Gasteiger partial charge in [-0.05, 0) is 65.3 Å². The number of allylic oxidation sites excluding steroid dienone is 1. The number of fused-ring (bicyclic) bond motifs is 2. The van der Waals surface area contributed by atoms with E-state index in [2.05, 4.69) is 71.8 Å². The van der Waals surface area contributed by atoms with E-state index in [1.807, 2.05) is 42.5 Å². The standard InChI is InChI=1S/C38H37NO3/c40-38(41)37-34(20-10-26-42-35-21-9-16-30-15-6-7-18-32(30)35)33-19-8-17-31(36(33)39-37)25-24-29-14-5-4-13-28(29)23-22-27-11-2-1-3-12-27/h4-9,13-19,21-25,27,39H,1-3,10-12,20,26H2,(H,40,41)/b23-22+,25-24?. The van der Waals surface area contributed by atoms with Gasteiger partial charge in [-0.15, -0.1) is 0 Å². The molecule has 1 fully saturated rings. The van der Waals surface area contributed by atoms with E-state index in [-0.39, 0.29) is 5.69 Å². The van der Waals surface area contributed by atoms with Crippen LogP contribution in [0, 0.1) is 5.92 Å². The number of carbonyl (C=O) groups is 1. The summed E-state index contributed by atoms with van der Waals surface area (Å²) in [5.74, 6) is 0.588. The van der Waals surface area contributed by atoms with Gasteiger partial charge in [0.2, 0.25) is 0 Å². The van der Waals surface area contributed by atoms with Gasteiger partial charge in [-0.3, -0.25) is 0 Å². The van der Waals surface area contributed by atoms with Gasteiger partial charge in [0.15, 0.2) is 0 Å². The van der Waals surface area contributed by atoms with Crippen molar-refractivity contribution in [3.63, 3.8) is 0 Å². The molecule has 0 bridgehead atoms. The van der Waals surface area contributed by atoms with E-state index in [4.69, 9.17) is 4.74 Å². The number of ether oxygens (including phenoxy) is 1. The van der Waals surface area contributed by atoms with E-state index in [0.717, 1.165) is 44.1 Å². The predicted molar refractivity (Wildman–Crippen MR) is 174 cm³/mol. The summed E-state index contributed by atoms with van der Waals surface area (Å²) < 4.78 is 6.14. The maximum absolute atomic E-state index is 12.2. The van der Waals surface area contributed by atoms with Crippen molar-refractivity contribution in [1.29, 1.82) is 0 Å². The van der Waals surface area contributed by atoms with Gasteiger partial charge < -0.3 is 14.8 Å². The Balaban J connectivity index is 1.20. The number of nitrogens with one attached hydrogen (secondary N) is 1. The van der Waals surface area contributed by atoms with Crippen LogP contribution in [0.4, 0.5) is 0 Å². The first-order valence-corrected chi connectivity index (χ1v) is 15.1. The molecule has 0 aliphatic heterocycles. The van der Waals surface area contributed by atoms with E-state index < -0.39 is 5.97 Å². The number of rotatable bonds is 10. The lowest BCUT2D eigenvalue weighted by molar-refractivity contribution is 0.0690. The lowest BCUT2D eigenvalue weighted by atomic mass is 9.88. The van der Waals surface area contributed by atoms with Crippen LogP contribution in [-0.4, -0.2) is 22.7 Å². The molecule has 2 N–H and O–H groups in total. The van der Waals surface area contributed by atoms with Crippen LogP contribution in [0.15, 0.2) is 91.0 Å². The third-order valence-corrected chi connectivity index (χ3v) is 8.40. The van der Waals surface area contributed by atoms with Gasteiger partial charge in [0.1, 0.15) is 11.4 Å². The molecule has 0 spiro atoms. The predicted octanol–water partition coefficient (Wildman–Crippen LogP) is 9.79. The number of carboxylic acids is 1. The SMILES string of the molecule is O=C(O)c1[nH]c2c(C=Cc3ccccc3/C=C/C3CCCCC3)cccc2c1CCCOc1cccc2ccccc12. The average Bonchev–Trinajstić information content (AvgIpc) is 3.41. The summed E-state index contributed by atoms with van der Waals surface area (Å²) in [6.45, 7) is 0.504. The van der Waals surface area contributed by atoms with E-state index in [0.29, 0.717) is 25.4 Å². The van der Waals surface area contributed by atoms with Crippen molar-refractivity contribution in [2.24, 2.45) is 5.92 Å². The molecule has 1 aromatic heterocycles. The normalized spacial score (nSPS) is 14.4. The number of benzene rings is 4. The van der Waals surface area contributed by atoms with Gasteiger partial charge in [0.05, 0.1) is 12.1 Å². The highest BCUT2D eigenvalue weighted by atomic mass is 16.5. The van der Waals surface area contributed by atoms with Crippen molar-refractivity contribution >= 4 is 45.9 Å². The quantitative estimate of drug-likeness (QED) is 0.133. The van der Waals surface area contributed by atoms with Crippen LogP contribution in [0.3, 0.4) is 0 Å². The van der Waals surface area contributed by atoms with Gasteiger partial charge >= 0.3 is 5.97 Å². The van der Waals surface area contributed by atoms with Crippen LogP contribution in [0.5, 0.6) is 5.75 Å². The second-order valence-electron chi connectivity index (χ2n) is 11.2. The number of aromatic nitrogens is 1. The van der Waals surface area contributed by atoms with Gasteiger partial charge in [0.25, 0.3) is 0 Å². The van der Waals surface area contributed by atoms with E-state index in [9.17, 15) is 9.90 Å². The Bertz CT molecular complexity index is 1750. The molecular formula is C38H37NO3. The molecule has 1 aliphatic carbocycles. The van der Waals surface area contributed by atoms with E-state index in [1.165, 1.54) is 37.7 Å². The van der Waals surface area contributed by atoms with Crippen molar-refractivity contribution in [1.82, 2.24) is 4.98 Å². The molecule has 1 saturated carbocycles. The number of carboxylic acid groups (broad SMARTS) is 1. The highest BCUT2D eigenvalue weighted by Gasteiger charge is 2.18. The second-order valence-corrected chi connectivity index (χ2v) is 11.2. The van der Waals surface area contributed by atoms with Crippen molar-refractivity contribution in [3.05, 3.63) is 119 Å². The molecule has 42 heavy (non-hydrogen) atoms. The first-order chi connectivity index (χ1) is 20.7. The average molecular weight is 556 g/mol. The van der Waals surface area contributed by atoms with Crippen molar-refractivity contribution in [3.8, 4) is 5.75 Å². The summed E-state index contributed by atoms with van der Waals surface area (Å²) >= 11 is 0. The molecule has 5 aromatic rings. The van der Waals surface area contributed by atoms with Gasteiger partial charge in [0, 0.05) is 10.8 Å². The smallest absolute Gasteiger partial charge is 0.352 e. The molecule has 4 aromatic carbocycles. The molecular weight excluding hydrogens is 518 g/mol. The van der Waals surface area contributed by atoms with Gasteiger partial charge in [-0.1, -0.05) is 122 Å². The van der Waals surface area contributed by atoms with Crippen molar-refractivity contribution in [2.75, 3.05) is 6.61 Å². The number of para-hydroxylation sites is 1. The maximum atomic E-state index is 12.2. The summed E-state index contributed by atoms with van der Waals surface area (Å²) in [6.07, 6.45) is 16.8. The Morgan fingerprint density at radius 3 is 2.29 bits per heavy atom. The fourth-order valence-electron chi connectivity index (χ4n) is 6.19. The Morgan fingerprint density at radius 2 is 1.45 bits per heavy atom. The number of H-pyrrole nitrogens is 1. The summed E-state index contributed by atoms with van der Waals surface area (Å²) in [7, 11) is 0. The maximum Gasteiger partial charge on any atom is 0.352 e. The molecule has 0 amide bonds. The largest absolute Gasteiger partial charge is 0.493 e. The highest BCUT2D eigenvalue weighted by molar-refractivity contribution is 6.01. The minimum Gasteiger partial charge on any atom is -0.493 e. The van der Waals surface area contributed by atoms with Crippen LogP contribution in [0.25, 0.3) is 39.9 Å². The first-order valence-electron chi connectivity index (χ1n) is 15.1. The summed E-state index contributed by atoms with van der Waals surface area (Å²) in [5, 5.41) is 13.2. The molecule has 1 heterocycles. The van der Waals surface area contributed by atoms with Crippen LogP contribution in [0.1, 0.15) is 71.3 Å². The summed E-state index contributed by atoms with van der Waals surface area (Å²) in [4.78, 5) is 15.5. The minimum absolute atomic E-state index is 0.256. The fourth-order valence-corrected chi connectivity index (χ4v) is 6.19. The first kappa shape index (κ1) is 27.6. The van der Waals surface area contributed by atoms with E-state index >= 15 is 0 Å². The van der Waals surface area contributed by atoms with Crippen LogP contribution < -0.4 is 4.74 Å². The molecule has 1 aliphatic rings. The van der Waals surface area contributed by atoms with Crippen molar-refractivity contribution in [2.45, 2.75) is 44.9 Å². The number of hydrogen-bond acceptors (Lipinski definition) is 2. The molecule has 4 heteroatoms. The molecule has 4 nitrogen and oxygen atoms in total. The Morgan fingerprint density at radius 1 is 0.786 bits per heavy atom. The van der Waals surface area contributed by atoms with Gasteiger partial charge in [-0.25, -0.2) is 4.79 Å². The topological polar surface area (TPSA) is 62.3 Å². The zero-order valence-corrected chi connectivity index (χ0v) is 23.9. The Hall–Kier alpha value is -4.57. The van der Waals surface area contributed by atoms with Crippen LogP contribution >= 0.6 is 0 Å².